The highest BCUT2D eigenvalue weighted by molar-refractivity contribution is 6.01. The van der Waals surface area contributed by atoms with Crippen LogP contribution in [0.2, 0.25) is 0 Å². The van der Waals surface area contributed by atoms with Gasteiger partial charge < -0.3 is 15.3 Å². The molecule has 34 heavy (non-hydrogen) atoms. The maximum atomic E-state index is 12.5. The molecule has 1 heterocycles. The molecule has 1 amide bonds. The van der Waals surface area contributed by atoms with Gasteiger partial charge >= 0.3 is 5.97 Å². The third-order valence-corrected chi connectivity index (χ3v) is 7.34. The Morgan fingerprint density at radius 1 is 1.09 bits per heavy atom. The minimum absolute atomic E-state index is 0.164. The van der Waals surface area contributed by atoms with Gasteiger partial charge in [0, 0.05) is 37.7 Å². The summed E-state index contributed by atoms with van der Waals surface area (Å²) in [5.41, 5.74) is 3.73. The first kappa shape index (κ1) is 25.8. The number of carboxylic acids is 1. The van der Waals surface area contributed by atoms with E-state index < -0.39 is 5.97 Å². The summed E-state index contributed by atoms with van der Waals surface area (Å²) in [5.74, 6) is -0.424. The van der Waals surface area contributed by atoms with Gasteiger partial charge in [0.15, 0.2) is 0 Å². The quantitative estimate of drug-likeness (QED) is 0.206. The fraction of sp³-hybridized carbons (Fsp3) is 0.607. The minimum Gasteiger partial charge on any atom is -0.481 e. The molecule has 1 fully saturated rings. The standard InChI is InChI=1S/C28H39N3O3/c1-31-25-13-11-12-23(25)24-19-21(15-16-26(24)31)18-22(20-29)28(34)30-17-10-8-6-4-2-3-5-7-9-14-27(32)33/h15-16,18-19,23,25H,2-14,17H2,1H3,(H,30,34)(H,32,33)/b22-18+. The topological polar surface area (TPSA) is 93.4 Å². The van der Waals surface area contributed by atoms with Crippen LogP contribution in [0.1, 0.15) is 101 Å². The van der Waals surface area contributed by atoms with Crippen molar-refractivity contribution in [2.24, 2.45) is 0 Å². The molecule has 0 aromatic heterocycles. The van der Waals surface area contributed by atoms with Crippen molar-refractivity contribution in [1.82, 2.24) is 5.32 Å². The highest BCUT2D eigenvalue weighted by Crippen LogP contribution is 2.48. The first-order chi connectivity index (χ1) is 16.5. The molecule has 0 bridgehead atoms. The Morgan fingerprint density at radius 3 is 2.44 bits per heavy atom. The number of anilines is 1. The van der Waals surface area contributed by atoms with E-state index in [0.717, 1.165) is 50.5 Å². The first-order valence-corrected chi connectivity index (χ1v) is 13.0. The summed E-state index contributed by atoms with van der Waals surface area (Å²) in [6, 6.07) is 8.97. The SMILES string of the molecule is CN1c2ccc(/C=C(\C#N)C(=O)NCCCCCCCCCCCC(=O)O)cc2C2CCCC21. The van der Waals surface area contributed by atoms with Crippen LogP contribution in [-0.4, -0.2) is 36.6 Å². The van der Waals surface area contributed by atoms with Gasteiger partial charge in [0.25, 0.3) is 5.91 Å². The summed E-state index contributed by atoms with van der Waals surface area (Å²) in [7, 11) is 2.17. The van der Waals surface area contributed by atoms with Crippen LogP contribution in [0, 0.1) is 11.3 Å². The second kappa shape index (κ2) is 13.2. The van der Waals surface area contributed by atoms with E-state index in [1.807, 2.05) is 6.07 Å². The van der Waals surface area contributed by atoms with Crippen molar-refractivity contribution in [3.05, 3.63) is 34.9 Å². The largest absolute Gasteiger partial charge is 0.481 e. The zero-order chi connectivity index (χ0) is 24.3. The van der Waals surface area contributed by atoms with E-state index in [2.05, 4.69) is 35.5 Å². The number of carbonyl (C=O) groups excluding carboxylic acids is 1. The average Bonchev–Trinajstić information content (AvgIpc) is 3.41. The molecule has 1 aromatic rings. The Bertz CT molecular complexity index is 918. The summed E-state index contributed by atoms with van der Waals surface area (Å²) in [6.45, 7) is 0.589. The van der Waals surface area contributed by atoms with Gasteiger partial charge in [-0.1, -0.05) is 57.4 Å². The third-order valence-electron chi connectivity index (χ3n) is 7.34. The maximum Gasteiger partial charge on any atom is 0.303 e. The fourth-order valence-corrected chi connectivity index (χ4v) is 5.48. The second-order valence-corrected chi connectivity index (χ2v) is 9.79. The predicted molar refractivity (Wildman–Crippen MR) is 136 cm³/mol. The summed E-state index contributed by atoms with van der Waals surface area (Å²) < 4.78 is 0. The molecular weight excluding hydrogens is 426 g/mol. The molecular formula is C28H39N3O3. The third kappa shape index (κ3) is 7.09. The summed E-state index contributed by atoms with van der Waals surface area (Å²) >= 11 is 0. The molecule has 184 valence electrons. The van der Waals surface area contributed by atoms with Crippen molar-refractivity contribution < 1.29 is 14.7 Å². The summed E-state index contributed by atoms with van der Waals surface area (Å²) in [6.07, 6.45) is 15.2. The van der Waals surface area contributed by atoms with E-state index in [1.54, 1.807) is 6.08 Å². The van der Waals surface area contributed by atoms with Gasteiger partial charge in [-0.15, -0.1) is 0 Å². The number of nitriles is 1. The minimum atomic E-state index is -0.706. The van der Waals surface area contributed by atoms with Crippen LogP contribution in [0.3, 0.4) is 0 Å². The van der Waals surface area contributed by atoms with Crippen LogP contribution in [0.25, 0.3) is 6.08 Å². The zero-order valence-electron chi connectivity index (χ0n) is 20.5. The molecule has 0 saturated heterocycles. The lowest BCUT2D eigenvalue weighted by Gasteiger charge is -2.21. The molecule has 6 heteroatoms. The molecule has 2 atom stereocenters. The van der Waals surface area contributed by atoms with E-state index in [-0.39, 0.29) is 17.9 Å². The van der Waals surface area contributed by atoms with Gasteiger partial charge in [-0.25, -0.2) is 0 Å². The molecule has 0 radical (unpaired) electrons. The molecule has 6 nitrogen and oxygen atoms in total. The van der Waals surface area contributed by atoms with Crippen molar-refractivity contribution in [3.8, 4) is 6.07 Å². The number of likely N-dealkylation sites (N-methyl/N-ethyl adjacent to an activating group) is 1. The van der Waals surface area contributed by atoms with Crippen molar-refractivity contribution in [2.75, 3.05) is 18.5 Å². The smallest absolute Gasteiger partial charge is 0.303 e. The maximum absolute atomic E-state index is 12.5. The number of fused-ring (bicyclic) bond motifs is 3. The Hall–Kier alpha value is -2.81. The van der Waals surface area contributed by atoms with Crippen LogP contribution in [0.4, 0.5) is 5.69 Å². The number of nitrogens with zero attached hydrogens (tertiary/aromatic N) is 2. The number of amides is 1. The number of carbonyl (C=O) groups is 2. The lowest BCUT2D eigenvalue weighted by molar-refractivity contribution is -0.137. The number of hydrogen-bond acceptors (Lipinski definition) is 4. The van der Waals surface area contributed by atoms with E-state index in [9.17, 15) is 14.9 Å². The zero-order valence-corrected chi connectivity index (χ0v) is 20.5. The Labute approximate surface area is 204 Å². The van der Waals surface area contributed by atoms with Gasteiger partial charge in [-0.05, 0) is 55.0 Å². The second-order valence-electron chi connectivity index (χ2n) is 9.79. The number of benzene rings is 1. The molecule has 2 unspecified atom stereocenters. The van der Waals surface area contributed by atoms with Crippen LogP contribution in [0.5, 0.6) is 0 Å². The highest BCUT2D eigenvalue weighted by atomic mass is 16.4. The van der Waals surface area contributed by atoms with Crippen LogP contribution in [-0.2, 0) is 9.59 Å². The molecule has 1 aliphatic heterocycles. The van der Waals surface area contributed by atoms with Crippen molar-refractivity contribution >= 4 is 23.6 Å². The van der Waals surface area contributed by atoms with Crippen molar-refractivity contribution in [2.45, 2.75) is 95.4 Å². The lowest BCUT2D eigenvalue weighted by Crippen LogP contribution is -2.26. The highest BCUT2D eigenvalue weighted by Gasteiger charge is 2.39. The number of carboxylic acid groups (broad SMARTS) is 1. The lowest BCUT2D eigenvalue weighted by atomic mass is 9.95. The Kier molecular flexibility index (Phi) is 10.00. The summed E-state index contributed by atoms with van der Waals surface area (Å²) in [5, 5.41) is 21.1. The molecule has 1 aliphatic carbocycles. The first-order valence-electron chi connectivity index (χ1n) is 13.0. The van der Waals surface area contributed by atoms with Gasteiger partial charge in [-0.2, -0.15) is 5.26 Å². The number of rotatable bonds is 14. The molecule has 1 saturated carbocycles. The van der Waals surface area contributed by atoms with Crippen LogP contribution < -0.4 is 10.2 Å². The van der Waals surface area contributed by atoms with Gasteiger partial charge in [-0.3, -0.25) is 9.59 Å². The van der Waals surface area contributed by atoms with Crippen molar-refractivity contribution in [1.29, 1.82) is 5.26 Å². The molecule has 3 rings (SSSR count). The molecule has 1 aromatic carbocycles. The molecule has 2 aliphatic rings. The van der Waals surface area contributed by atoms with E-state index in [0.29, 0.717) is 18.5 Å². The van der Waals surface area contributed by atoms with Gasteiger partial charge in [0.1, 0.15) is 11.6 Å². The van der Waals surface area contributed by atoms with Gasteiger partial charge in [0.2, 0.25) is 0 Å². The van der Waals surface area contributed by atoms with Crippen LogP contribution in [0.15, 0.2) is 23.8 Å². The summed E-state index contributed by atoms with van der Waals surface area (Å²) in [4.78, 5) is 25.4. The molecule has 0 spiro atoms. The van der Waals surface area contributed by atoms with E-state index >= 15 is 0 Å². The van der Waals surface area contributed by atoms with E-state index in [1.165, 1.54) is 43.4 Å². The number of nitrogens with one attached hydrogen (secondary N) is 1. The van der Waals surface area contributed by atoms with Gasteiger partial charge in [0.05, 0.1) is 0 Å². The average molecular weight is 466 g/mol. The monoisotopic (exact) mass is 465 g/mol. The fourth-order valence-electron chi connectivity index (χ4n) is 5.48. The molecule has 2 N–H and O–H groups in total. The Morgan fingerprint density at radius 2 is 1.76 bits per heavy atom. The Balaban J connectivity index is 1.34. The number of aliphatic carboxylic acids is 1. The number of unbranched alkanes of at least 4 members (excludes halogenated alkanes) is 8. The predicted octanol–water partition coefficient (Wildman–Crippen LogP) is 5.78. The van der Waals surface area contributed by atoms with Crippen molar-refractivity contribution in [3.63, 3.8) is 0 Å². The normalized spacial score (nSPS) is 18.9. The van der Waals surface area contributed by atoms with Crippen LogP contribution >= 0.6 is 0 Å². The van der Waals surface area contributed by atoms with E-state index in [4.69, 9.17) is 5.11 Å². The number of hydrogen-bond donors (Lipinski definition) is 2.